The summed E-state index contributed by atoms with van der Waals surface area (Å²) < 4.78 is 27.5. The molecular weight excluding hydrogens is 458 g/mol. The number of halogens is 2. The highest BCUT2D eigenvalue weighted by molar-refractivity contribution is 5.65. The van der Waals surface area contributed by atoms with Crippen LogP contribution in [0.2, 0.25) is 0 Å². The maximum atomic E-state index is 15.2. The molecule has 4 rings (SSSR count). The third kappa shape index (κ3) is 8.39. The van der Waals surface area contributed by atoms with Gasteiger partial charge in [0.15, 0.2) is 0 Å². The molecule has 0 atom stereocenters. The van der Waals surface area contributed by atoms with Gasteiger partial charge in [0, 0.05) is 5.56 Å². The maximum Gasteiger partial charge on any atom is 0.131 e. The Morgan fingerprint density at radius 1 is 0.622 bits per heavy atom. The van der Waals surface area contributed by atoms with E-state index in [1.807, 2.05) is 12.1 Å². The fourth-order valence-electron chi connectivity index (χ4n) is 7.09. The van der Waals surface area contributed by atoms with Crippen LogP contribution in [0.15, 0.2) is 42.5 Å². The lowest BCUT2D eigenvalue weighted by molar-refractivity contribution is 0.301. The summed E-state index contributed by atoms with van der Waals surface area (Å²) in [5.74, 6) is 2.83. The minimum absolute atomic E-state index is 0.0761. The second-order valence-electron chi connectivity index (χ2n) is 12.2. The van der Waals surface area contributed by atoms with Gasteiger partial charge in [0.2, 0.25) is 0 Å². The molecule has 204 valence electrons. The molecule has 0 unspecified atom stereocenters. The molecule has 0 N–H and O–H groups in total. The molecule has 2 aromatic rings. The summed E-state index contributed by atoms with van der Waals surface area (Å²) in [6.07, 6.45) is 21.1. The highest BCUT2D eigenvalue weighted by atomic mass is 19.1. The van der Waals surface area contributed by atoms with Gasteiger partial charge in [-0.05, 0) is 104 Å². The van der Waals surface area contributed by atoms with Gasteiger partial charge in [-0.1, -0.05) is 94.7 Å². The fraction of sp³-hybridized carbons (Fsp3) is 0.657. The quantitative estimate of drug-likeness (QED) is 0.236. The van der Waals surface area contributed by atoms with Crippen LogP contribution < -0.4 is 0 Å². The van der Waals surface area contributed by atoms with Crippen molar-refractivity contribution in [3.8, 4) is 11.1 Å². The SMILES string of the molecule is CCCCC[C@H]1CC[C@H](c2ccc(-c3ccc([C@H]4CC[C@H](CCCCCCF)CC4)cc3F)cc2)CC1. The number of benzene rings is 2. The van der Waals surface area contributed by atoms with E-state index in [1.54, 1.807) is 0 Å². The van der Waals surface area contributed by atoms with Crippen LogP contribution in [0.1, 0.15) is 139 Å². The highest BCUT2D eigenvalue weighted by Gasteiger charge is 2.24. The number of alkyl halides is 1. The van der Waals surface area contributed by atoms with E-state index in [0.717, 1.165) is 42.2 Å². The molecule has 2 aliphatic carbocycles. The first-order chi connectivity index (χ1) is 18.2. The zero-order valence-corrected chi connectivity index (χ0v) is 23.3. The third-order valence-electron chi connectivity index (χ3n) is 9.56. The summed E-state index contributed by atoms with van der Waals surface area (Å²) in [6.45, 7) is 2.11. The predicted octanol–water partition coefficient (Wildman–Crippen LogP) is 11.5. The van der Waals surface area contributed by atoms with Crippen LogP contribution >= 0.6 is 0 Å². The van der Waals surface area contributed by atoms with Crippen molar-refractivity contribution in [2.75, 3.05) is 6.67 Å². The van der Waals surface area contributed by atoms with Crippen molar-refractivity contribution in [2.24, 2.45) is 11.8 Å². The van der Waals surface area contributed by atoms with Gasteiger partial charge >= 0.3 is 0 Å². The molecular formula is C35H50F2. The predicted molar refractivity (Wildman–Crippen MR) is 154 cm³/mol. The van der Waals surface area contributed by atoms with E-state index < -0.39 is 0 Å². The molecule has 0 amide bonds. The Balaban J connectivity index is 1.26. The average molecular weight is 509 g/mol. The van der Waals surface area contributed by atoms with Gasteiger partial charge in [0.25, 0.3) is 0 Å². The Bertz CT molecular complexity index is 901. The lowest BCUT2D eigenvalue weighted by Crippen LogP contribution is -2.13. The van der Waals surface area contributed by atoms with Crippen LogP contribution in [0.25, 0.3) is 11.1 Å². The first-order valence-corrected chi connectivity index (χ1v) is 15.6. The van der Waals surface area contributed by atoms with E-state index >= 15 is 4.39 Å². The summed E-state index contributed by atoms with van der Waals surface area (Å²) in [7, 11) is 0. The van der Waals surface area contributed by atoms with E-state index in [1.165, 1.54) is 101 Å². The number of rotatable bonds is 13. The monoisotopic (exact) mass is 508 g/mol. The van der Waals surface area contributed by atoms with Gasteiger partial charge in [-0.2, -0.15) is 0 Å². The lowest BCUT2D eigenvalue weighted by atomic mass is 9.76. The molecule has 2 fully saturated rings. The van der Waals surface area contributed by atoms with Crippen molar-refractivity contribution in [1.82, 2.24) is 0 Å². The maximum absolute atomic E-state index is 15.2. The first kappa shape index (κ1) is 28.3. The van der Waals surface area contributed by atoms with E-state index in [0.29, 0.717) is 11.8 Å². The van der Waals surface area contributed by atoms with Gasteiger partial charge < -0.3 is 0 Å². The van der Waals surface area contributed by atoms with Gasteiger partial charge in [0.05, 0.1) is 6.67 Å². The molecule has 0 bridgehead atoms. The molecule has 37 heavy (non-hydrogen) atoms. The molecule has 0 aliphatic heterocycles. The topological polar surface area (TPSA) is 0 Å². The molecule has 2 aromatic carbocycles. The van der Waals surface area contributed by atoms with Crippen molar-refractivity contribution >= 4 is 0 Å². The Hall–Kier alpha value is -1.70. The lowest BCUT2D eigenvalue weighted by Gasteiger charge is -2.29. The van der Waals surface area contributed by atoms with E-state index in [-0.39, 0.29) is 12.5 Å². The van der Waals surface area contributed by atoms with Crippen LogP contribution in [0.5, 0.6) is 0 Å². The zero-order chi connectivity index (χ0) is 25.9. The van der Waals surface area contributed by atoms with Crippen LogP contribution in [-0.4, -0.2) is 6.67 Å². The normalized spacial score (nSPS) is 24.3. The molecule has 2 aliphatic rings. The van der Waals surface area contributed by atoms with Crippen LogP contribution in [0, 0.1) is 17.7 Å². The van der Waals surface area contributed by atoms with Crippen molar-refractivity contribution < 1.29 is 8.78 Å². The second kappa shape index (κ2) is 15.0. The van der Waals surface area contributed by atoms with Gasteiger partial charge in [-0.25, -0.2) is 4.39 Å². The number of hydrogen-bond acceptors (Lipinski definition) is 0. The highest BCUT2D eigenvalue weighted by Crippen LogP contribution is 2.40. The van der Waals surface area contributed by atoms with Crippen LogP contribution in [0.4, 0.5) is 8.78 Å². The molecule has 0 spiro atoms. The van der Waals surface area contributed by atoms with Crippen LogP contribution in [-0.2, 0) is 0 Å². The molecule has 2 heteroatoms. The summed E-state index contributed by atoms with van der Waals surface area (Å²) in [5, 5.41) is 0. The summed E-state index contributed by atoms with van der Waals surface area (Å²) in [4.78, 5) is 0. The van der Waals surface area contributed by atoms with Crippen molar-refractivity contribution in [3.05, 3.63) is 59.4 Å². The molecule has 0 heterocycles. The van der Waals surface area contributed by atoms with E-state index in [9.17, 15) is 4.39 Å². The Morgan fingerprint density at radius 3 is 1.73 bits per heavy atom. The van der Waals surface area contributed by atoms with Gasteiger partial charge in [0.1, 0.15) is 5.82 Å². The zero-order valence-electron chi connectivity index (χ0n) is 23.3. The van der Waals surface area contributed by atoms with E-state index in [2.05, 4.69) is 37.3 Å². The van der Waals surface area contributed by atoms with Crippen molar-refractivity contribution in [2.45, 2.75) is 128 Å². The van der Waals surface area contributed by atoms with Crippen LogP contribution in [0.3, 0.4) is 0 Å². The standard InChI is InChI=1S/C35H50F2/c1-2-3-6-9-27-11-15-29(16-12-27)30-19-21-32(22-20-30)34-24-23-33(26-35(34)37)31-17-13-28(14-18-31)10-7-4-5-8-25-36/h19-24,26-29,31H,2-18,25H2,1H3/t27-,28-,29-,31-. The minimum atomic E-state index is -0.175. The Morgan fingerprint density at radius 2 is 1.16 bits per heavy atom. The second-order valence-corrected chi connectivity index (χ2v) is 12.2. The molecule has 0 aromatic heterocycles. The Labute approximate surface area is 225 Å². The average Bonchev–Trinajstić information content (AvgIpc) is 2.94. The molecule has 2 saturated carbocycles. The number of unbranched alkanes of at least 4 members (excludes halogenated alkanes) is 5. The summed E-state index contributed by atoms with van der Waals surface area (Å²) in [6, 6.07) is 14.8. The van der Waals surface area contributed by atoms with Gasteiger partial charge in [-0.3, -0.25) is 4.39 Å². The first-order valence-electron chi connectivity index (χ1n) is 15.6. The minimum Gasteiger partial charge on any atom is -0.251 e. The summed E-state index contributed by atoms with van der Waals surface area (Å²) >= 11 is 0. The number of hydrogen-bond donors (Lipinski definition) is 0. The third-order valence-corrected chi connectivity index (χ3v) is 9.56. The molecule has 0 saturated heterocycles. The fourth-order valence-corrected chi connectivity index (χ4v) is 7.09. The Kier molecular flexibility index (Phi) is 11.5. The van der Waals surface area contributed by atoms with Gasteiger partial charge in [-0.15, -0.1) is 0 Å². The smallest absolute Gasteiger partial charge is 0.131 e. The van der Waals surface area contributed by atoms with E-state index in [4.69, 9.17) is 0 Å². The van der Waals surface area contributed by atoms with Crippen molar-refractivity contribution in [1.29, 1.82) is 0 Å². The molecule has 0 radical (unpaired) electrons. The molecule has 0 nitrogen and oxygen atoms in total. The summed E-state index contributed by atoms with van der Waals surface area (Å²) in [5.41, 5.74) is 4.34. The largest absolute Gasteiger partial charge is 0.251 e. The van der Waals surface area contributed by atoms with Crippen molar-refractivity contribution in [3.63, 3.8) is 0 Å².